The Bertz CT molecular complexity index is 190. The van der Waals surface area contributed by atoms with Crippen LogP contribution in [0.15, 0.2) is 29.3 Å². The molecule has 0 rings (SSSR count). The van der Waals surface area contributed by atoms with Gasteiger partial charge in [-0.15, -0.1) is 12.6 Å². The van der Waals surface area contributed by atoms with Gasteiger partial charge in [0.15, 0.2) is 0 Å². The SMILES string of the molecule is C/N=C(\S)C/C=C\C=C/C(C)C. The van der Waals surface area contributed by atoms with E-state index >= 15 is 0 Å². The Labute approximate surface area is 80.7 Å². The normalized spacial score (nSPS) is 13.9. The molecule has 0 saturated heterocycles. The first-order valence-electron chi connectivity index (χ1n) is 4.14. The van der Waals surface area contributed by atoms with Crippen molar-refractivity contribution in [1.82, 2.24) is 0 Å². The summed E-state index contributed by atoms with van der Waals surface area (Å²) in [4.78, 5) is 3.93. The zero-order valence-electron chi connectivity index (χ0n) is 7.99. The number of thiol groups is 1. The van der Waals surface area contributed by atoms with Crippen molar-refractivity contribution in [3.05, 3.63) is 24.3 Å². The van der Waals surface area contributed by atoms with E-state index in [1.807, 2.05) is 12.2 Å². The smallest absolute Gasteiger partial charge is 0.0679 e. The maximum atomic E-state index is 4.15. The van der Waals surface area contributed by atoms with Gasteiger partial charge in [0.2, 0.25) is 0 Å². The standard InChI is InChI=1S/C10H17NS/c1-9(2)7-5-4-6-8-10(12)11-3/h4-7,9H,8H2,1-3H3,(H,11,12)/b6-4-,7-5-. The predicted molar refractivity (Wildman–Crippen MR) is 60.1 cm³/mol. The maximum absolute atomic E-state index is 4.15. The van der Waals surface area contributed by atoms with Gasteiger partial charge in [-0.2, -0.15) is 0 Å². The Balaban J connectivity index is 3.64. The van der Waals surface area contributed by atoms with Crippen LogP contribution in [0.5, 0.6) is 0 Å². The highest BCUT2D eigenvalue weighted by molar-refractivity contribution is 7.97. The first-order chi connectivity index (χ1) is 5.66. The molecule has 0 saturated carbocycles. The second-order valence-corrected chi connectivity index (χ2v) is 3.42. The summed E-state index contributed by atoms with van der Waals surface area (Å²) < 4.78 is 0. The van der Waals surface area contributed by atoms with Crippen LogP contribution in [0.25, 0.3) is 0 Å². The molecule has 0 bridgehead atoms. The molecule has 12 heavy (non-hydrogen) atoms. The molecule has 0 heterocycles. The van der Waals surface area contributed by atoms with Gasteiger partial charge in [-0.3, -0.25) is 4.99 Å². The number of allylic oxidation sites excluding steroid dienone is 4. The van der Waals surface area contributed by atoms with E-state index in [1.165, 1.54) is 0 Å². The highest BCUT2D eigenvalue weighted by atomic mass is 32.1. The van der Waals surface area contributed by atoms with Gasteiger partial charge in [-0.25, -0.2) is 0 Å². The molecule has 0 N–H and O–H groups in total. The van der Waals surface area contributed by atoms with Gasteiger partial charge in [0.25, 0.3) is 0 Å². The Morgan fingerprint density at radius 2 is 2.08 bits per heavy atom. The fourth-order valence-electron chi connectivity index (χ4n) is 0.630. The number of nitrogens with zero attached hydrogens (tertiary/aromatic N) is 1. The monoisotopic (exact) mass is 183 g/mol. The number of aliphatic imine (C=N–C) groups is 1. The summed E-state index contributed by atoms with van der Waals surface area (Å²) in [5, 5.41) is 0.865. The summed E-state index contributed by atoms with van der Waals surface area (Å²) in [6.07, 6.45) is 9.11. The molecule has 0 fully saturated rings. The van der Waals surface area contributed by atoms with E-state index in [2.05, 4.69) is 43.6 Å². The van der Waals surface area contributed by atoms with Crippen molar-refractivity contribution in [2.24, 2.45) is 10.9 Å². The Morgan fingerprint density at radius 1 is 1.42 bits per heavy atom. The second kappa shape index (κ2) is 7.17. The molecule has 0 aliphatic heterocycles. The van der Waals surface area contributed by atoms with Crippen molar-refractivity contribution in [1.29, 1.82) is 0 Å². The van der Waals surface area contributed by atoms with Crippen molar-refractivity contribution < 1.29 is 0 Å². The van der Waals surface area contributed by atoms with Crippen molar-refractivity contribution >= 4 is 17.7 Å². The average Bonchev–Trinajstić information content (AvgIpc) is 2.03. The molecule has 0 aromatic heterocycles. The molecule has 0 atom stereocenters. The molecule has 68 valence electrons. The second-order valence-electron chi connectivity index (χ2n) is 2.90. The van der Waals surface area contributed by atoms with Crippen LogP contribution < -0.4 is 0 Å². The third-order valence-corrected chi connectivity index (χ3v) is 1.68. The van der Waals surface area contributed by atoms with Crippen LogP contribution in [-0.2, 0) is 0 Å². The summed E-state index contributed by atoms with van der Waals surface area (Å²) in [7, 11) is 1.75. The molecule has 0 amide bonds. The molecule has 0 aromatic carbocycles. The third kappa shape index (κ3) is 7.61. The predicted octanol–water partition coefficient (Wildman–Crippen LogP) is 3.10. The Kier molecular flexibility index (Phi) is 6.87. The zero-order chi connectivity index (χ0) is 9.40. The van der Waals surface area contributed by atoms with Crippen LogP contribution in [0.3, 0.4) is 0 Å². The van der Waals surface area contributed by atoms with Crippen LogP contribution in [0.1, 0.15) is 20.3 Å². The molecule has 0 aromatic rings. The molecule has 0 radical (unpaired) electrons. The highest BCUT2D eigenvalue weighted by Crippen LogP contribution is 1.96. The summed E-state index contributed by atoms with van der Waals surface area (Å²) in [5.74, 6) is 0.616. The minimum atomic E-state index is 0.616. The van der Waals surface area contributed by atoms with E-state index in [9.17, 15) is 0 Å². The summed E-state index contributed by atoms with van der Waals surface area (Å²) >= 11 is 4.15. The first kappa shape index (κ1) is 11.5. The Hall–Kier alpha value is -0.500. The van der Waals surface area contributed by atoms with Gasteiger partial charge in [0.1, 0.15) is 0 Å². The quantitative estimate of drug-likeness (QED) is 0.297. The number of hydrogen-bond acceptors (Lipinski definition) is 1. The van der Waals surface area contributed by atoms with Crippen LogP contribution in [-0.4, -0.2) is 12.1 Å². The number of hydrogen-bond donors (Lipinski definition) is 1. The fourth-order valence-corrected chi connectivity index (χ4v) is 0.735. The van der Waals surface area contributed by atoms with E-state index in [-0.39, 0.29) is 0 Å². The molecular weight excluding hydrogens is 166 g/mol. The molecule has 0 aliphatic carbocycles. The van der Waals surface area contributed by atoms with Gasteiger partial charge in [0.05, 0.1) is 5.04 Å². The van der Waals surface area contributed by atoms with E-state index in [4.69, 9.17) is 0 Å². The molecule has 1 nitrogen and oxygen atoms in total. The van der Waals surface area contributed by atoms with Crippen LogP contribution in [0.2, 0.25) is 0 Å². The highest BCUT2D eigenvalue weighted by Gasteiger charge is 1.83. The summed E-state index contributed by atoms with van der Waals surface area (Å²) in [6, 6.07) is 0. The first-order valence-corrected chi connectivity index (χ1v) is 4.59. The van der Waals surface area contributed by atoms with Crippen molar-refractivity contribution in [2.45, 2.75) is 20.3 Å². The molecule has 0 aliphatic rings. The van der Waals surface area contributed by atoms with Crippen LogP contribution >= 0.6 is 12.6 Å². The molecule has 0 spiro atoms. The van der Waals surface area contributed by atoms with E-state index in [1.54, 1.807) is 7.05 Å². The maximum Gasteiger partial charge on any atom is 0.0679 e. The van der Waals surface area contributed by atoms with Crippen LogP contribution in [0.4, 0.5) is 0 Å². The van der Waals surface area contributed by atoms with E-state index in [0.29, 0.717) is 5.92 Å². The lowest BCUT2D eigenvalue weighted by Crippen LogP contribution is -1.81. The van der Waals surface area contributed by atoms with Crippen LogP contribution in [0, 0.1) is 5.92 Å². The molecule has 0 unspecified atom stereocenters. The third-order valence-electron chi connectivity index (χ3n) is 1.30. The zero-order valence-corrected chi connectivity index (χ0v) is 8.88. The minimum Gasteiger partial charge on any atom is -0.286 e. The lowest BCUT2D eigenvalue weighted by Gasteiger charge is -1.90. The topological polar surface area (TPSA) is 12.4 Å². The van der Waals surface area contributed by atoms with E-state index in [0.717, 1.165) is 11.5 Å². The molecule has 2 heteroatoms. The fraction of sp³-hybridized carbons (Fsp3) is 0.500. The lowest BCUT2D eigenvalue weighted by atomic mass is 10.2. The summed E-state index contributed by atoms with van der Waals surface area (Å²) in [6.45, 7) is 4.31. The van der Waals surface area contributed by atoms with Gasteiger partial charge in [0, 0.05) is 13.5 Å². The van der Waals surface area contributed by atoms with E-state index < -0.39 is 0 Å². The van der Waals surface area contributed by atoms with Gasteiger partial charge >= 0.3 is 0 Å². The van der Waals surface area contributed by atoms with Crippen molar-refractivity contribution in [3.63, 3.8) is 0 Å². The molecular formula is C10H17NS. The van der Waals surface area contributed by atoms with Crippen molar-refractivity contribution in [3.8, 4) is 0 Å². The largest absolute Gasteiger partial charge is 0.286 e. The number of rotatable bonds is 4. The Morgan fingerprint density at radius 3 is 2.58 bits per heavy atom. The van der Waals surface area contributed by atoms with Gasteiger partial charge < -0.3 is 0 Å². The summed E-state index contributed by atoms with van der Waals surface area (Å²) in [5.41, 5.74) is 0. The minimum absolute atomic E-state index is 0.616. The van der Waals surface area contributed by atoms with Crippen molar-refractivity contribution in [2.75, 3.05) is 7.05 Å². The van der Waals surface area contributed by atoms with Gasteiger partial charge in [-0.1, -0.05) is 38.2 Å². The lowest BCUT2D eigenvalue weighted by molar-refractivity contribution is 0.832. The average molecular weight is 183 g/mol. The van der Waals surface area contributed by atoms with Gasteiger partial charge in [-0.05, 0) is 5.92 Å².